The minimum atomic E-state index is -0.199. The predicted octanol–water partition coefficient (Wildman–Crippen LogP) is 5.07. The van der Waals surface area contributed by atoms with E-state index in [4.69, 9.17) is 21.4 Å². The number of pyridine rings is 2. The highest BCUT2D eigenvalue weighted by Crippen LogP contribution is 2.39. The highest BCUT2D eigenvalue weighted by atomic mass is 15.1. The lowest BCUT2D eigenvalue weighted by Gasteiger charge is -2.38. The number of anilines is 1. The van der Waals surface area contributed by atoms with Gasteiger partial charge in [-0.05, 0) is 60.7 Å². The summed E-state index contributed by atoms with van der Waals surface area (Å²) >= 11 is 0. The van der Waals surface area contributed by atoms with Gasteiger partial charge in [0, 0.05) is 29.2 Å². The molecule has 2 aromatic carbocycles. The highest BCUT2D eigenvalue weighted by Gasteiger charge is 2.34. The number of aromatic nitrogens is 4. The zero-order valence-electron chi connectivity index (χ0n) is 18.1. The Labute approximate surface area is 191 Å². The Morgan fingerprint density at radius 3 is 2.33 bits per heavy atom. The fraction of sp³-hybridized carbons (Fsp3) is 0.148. The van der Waals surface area contributed by atoms with Crippen molar-refractivity contribution in [2.24, 2.45) is 5.73 Å². The van der Waals surface area contributed by atoms with Gasteiger partial charge in [0.2, 0.25) is 0 Å². The molecule has 0 bridgehead atoms. The standard InChI is InChI=1S/C27H24N6/c28-24-22(8-4-15-30-24)25-32-23-16-19(18-6-2-1-3-7-18)17-31-26(23)33(25)21-11-9-20(10-12-21)27(29)13-5-14-27/h1-4,6-12,15-17H,5,13-14,29H2,(H2,28,30). The second kappa shape index (κ2) is 7.53. The van der Waals surface area contributed by atoms with Gasteiger partial charge in [0.1, 0.15) is 11.3 Å². The maximum atomic E-state index is 6.54. The van der Waals surface area contributed by atoms with Gasteiger partial charge in [-0.1, -0.05) is 42.5 Å². The van der Waals surface area contributed by atoms with Gasteiger partial charge in [-0.2, -0.15) is 0 Å². The summed E-state index contributed by atoms with van der Waals surface area (Å²) in [4.78, 5) is 14.1. The van der Waals surface area contributed by atoms with Gasteiger partial charge in [0.25, 0.3) is 0 Å². The van der Waals surface area contributed by atoms with Gasteiger partial charge >= 0.3 is 0 Å². The number of imidazole rings is 1. The summed E-state index contributed by atoms with van der Waals surface area (Å²) in [5, 5.41) is 0. The van der Waals surface area contributed by atoms with E-state index in [1.54, 1.807) is 6.20 Å². The van der Waals surface area contributed by atoms with E-state index in [1.165, 1.54) is 12.0 Å². The molecular weight excluding hydrogens is 408 g/mol. The molecule has 1 aliphatic carbocycles. The third-order valence-electron chi connectivity index (χ3n) is 6.63. The molecule has 6 rings (SSSR count). The van der Waals surface area contributed by atoms with Crippen LogP contribution in [0, 0.1) is 0 Å². The highest BCUT2D eigenvalue weighted by molar-refractivity contribution is 5.85. The smallest absolute Gasteiger partial charge is 0.164 e. The van der Waals surface area contributed by atoms with Crippen LogP contribution in [0.15, 0.2) is 85.2 Å². The van der Waals surface area contributed by atoms with E-state index in [-0.39, 0.29) is 5.54 Å². The normalized spacial score (nSPS) is 14.8. The monoisotopic (exact) mass is 432 g/mol. The van der Waals surface area contributed by atoms with Gasteiger partial charge in [-0.3, -0.25) is 4.57 Å². The fourth-order valence-electron chi connectivity index (χ4n) is 4.57. The van der Waals surface area contributed by atoms with Crippen LogP contribution in [0.1, 0.15) is 24.8 Å². The number of hydrogen-bond acceptors (Lipinski definition) is 5. The Balaban J connectivity index is 1.54. The summed E-state index contributed by atoms with van der Waals surface area (Å²) in [6.45, 7) is 0. The molecular formula is C27H24N6. The molecule has 1 fully saturated rings. The first kappa shape index (κ1) is 19.6. The maximum Gasteiger partial charge on any atom is 0.164 e. The van der Waals surface area contributed by atoms with E-state index in [0.717, 1.165) is 46.4 Å². The average molecular weight is 433 g/mol. The number of benzene rings is 2. The number of nitrogens with zero attached hydrogens (tertiary/aromatic N) is 4. The van der Waals surface area contributed by atoms with Crippen LogP contribution in [-0.4, -0.2) is 19.5 Å². The van der Waals surface area contributed by atoms with Crippen LogP contribution < -0.4 is 11.5 Å². The van der Waals surface area contributed by atoms with E-state index in [9.17, 15) is 0 Å². The fourth-order valence-corrected chi connectivity index (χ4v) is 4.57. The largest absolute Gasteiger partial charge is 0.383 e. The van der Waals surface area contributed by atoms with Crippen molar-refractivity contribution >= 4 is 17.0 Å². The van der Waals surface area contributed by atoms with E-state index >= 15 is 0 Å². The van der Waals surface area contributed by atoms with Crippen molar-refractivity contribution in [3.63, 3.8) is 0 Å². The Hall–Kier alpha value is -4.03. The third kappa shape index (κ3) is 3.27. The topological polar surface area (TPSA) is 95.6 Å². The molecule has 0 saturated heterocycles. The first-order valence-electron chi connectivity index (χ1n) is 11.2. The van der Waals surface area contributed by atoms with Crippen LogP contribution in [0.4, 0.5) is 5.82 Å². The zero-order valence-corrected chi connectivity index (χ0v) is 18.1. The molecule has 1 aliphatic rings. The lowest BCUT2D eigenvalue weighted by atomic mass is 9.73. The van der Waals surface area contributed by atoms with Crippen LogP contribution in [0.5, 0.6) is 0 Å². The van der Waals surface area contributed by atoms with Crippen molar-refractivity contribution in [3.8, 4) is 28.2 Å². The number of nitrogens with two attached hydrogens (primary N) is 2. The Morgan fingerprint density at radius 1 is 0.848 bits per heavy atom. The number of rotatable bonds is 4. The summed E-state index contributed by atoms with van der Waals surface area (Å²) in [6.07, 6.45) is 6.82. The first-order chi connectivity index (χ1) is 16.1. The van der Waals surface area contributed by atoms with Crippen molar-refractivity contribution in [3.05, 3.63) is 90.8 Å². The lowest BCUT2D eigenvalue weighted by molar-refractivity contribution is 0.253. The van der Waals surface area contributed by atoms with Crippen LogP contribution in [0.2, 0.25) is 0 Å². The Kier molecular flexibility index (Phi) is 4.48. The second-order valence-corrected chi connectivity index (χ2v) is 8.70. The van der Waals surface area contributed by atoms with Gasteiger partial charge in [0.15, 0.2) is 11.5 Å². The summed E-state index contributed by atoms with van der Waals surface area (Å²) in [5.74, 6) is 1.15. The molecule has 0 amide bonds. The molecule has 0 radical (unpaired) electrons. The maximum absolute atomic E-state index is 6.54. The SMILES string of the molecule is Nc1ncccc1-c1nc2cc(-c3ccccc3)cnc2n1-c1ccc(C2(N)CCC2)cc1. The summed E-state index contributed by atoms with van der Waals surface area (Å²) < 4.78 is 2.05. The van der Waals surface area contributed by atoms with Gasteiger partial charge in [-0.25, -0.2) is 15.0 Å². The van der Waals surface area contributed by atoms with E-state index in [0.29, 0.717) is 11.6 Å². The van der Waals surface area contributed by atoms with Crippen LogP contribution >= 0.6 is 0 Å². The molecule has 5 aromatic rings. The molecule has 0 spiro atoms. The summed E-state index contributed by atoms with van der Waals surface area (Å²) in [7, 11) is 0. The predicted molar refractivity (Wildman–Crippen MR) is 132 cm³/mol. The van der Waals surface area contributed by atoms with Gasteiger partial charge in [0.05, 0.1) is 5.56 Å². The van der Waals surface area contributed by atoms with Crippen molar-refractivity contribution in [2.45, 2.75) is 24.8 Å². The lowest BCUT2D eigenvalue weighted by Crippen LogP contribution is -2.43. The zero-order chi connectivity index (χ0) is 22.4. The molecule has 0 unspecified atom stereocenters. The number of nitrogen functional groups attached to an aromatic ring is 1. The third-order valence-corrected chi connectivity index (χ3v) is 6.63. The summed E-state index contributed by atoms with van der Waals surface area (Å²) in [6, 6.07) is 24.5. The molecule has 3 aromatic heterocycles. The first-order valence-corrected chi connectivity index (χ1v) is 11.2. The second-order valence-electron chi connectivity index (χ2n) is 8.70. The molecule has 0 atom stereocenters. The van der Waals surface area contributed by atoms with Gasteiger partial charge < -0.3 is 11.5 Å². The summed E-state index contributed by atoms with van der Waals surface area (Å²) in [5.41, 5.74) is 19.2. The molecule has 4 N–H and O–H groups in total. The molecule has 162 valence electrons. The molecule has 6 nitrogen and oxygen atoms in total. The molecule has 0 aliphatic heterocycles. The van der Waals surface area contributed by atoms with Gasteiger partial charge in [-0.15, -0.1) is 0 Å². The van der Waals surface area contributed by atoms with Crippen molar-refractivity contribution in [2.75, 3.05) is 5.73 Å². The Bertz CT molecular complexity index is 1450. The minimum absolute atomic E-state index is 0.199. The average Bonchev–Trinajstić information content (AvgIpc) is 3.22. The molecule has 3 heterocycles. The van der Waals surface area contributed by atoms with Crippen molar-refractivity contribution in [1.29, 1.82) is 0 Å². The van der Waals surface area contributed by atoms with E-state index in [2.05, 4.69) is 47.4 Å². The van der Waals surface area contributed by atoms with Crippen molar-refractivity contribution < 1.29 is 0 Å². The quantitative estimate of drug-likeness (QED) is 0.413. The van der Waals surface area contributed by atoms with E-state index in [1.807, 2.05) is 41.1 Å². The number of fused-ring (bicyclic) bond motifs is 1. The van der Waals surface area contributed by atoms with Crippen LogP contribution in [0.25, 0.3) is 39.4 Å². The molecule has 6 heteroatoms. The molecule has 33 heavy (non-hydrogen) atoms. The minimum Gasteiger partial charge on any atom is -0.383 e. The van der Waals surface area contributed by atoms with Crippen molar-refractivity contribution in [1.82, 2.24) is 19.5 Å². The van der Waals surface area contributed by atoms with E-state index < -0.39 is 0 Å². The Morgan fingerprint density at radius 2 is 1.64 bits per heavy atom. The molecule has 1 saturated carbocycles. The van der Waals surface area contributed by atoms with Crippen LogP contribution in [-0.2, 0) is 5.54 Å². The number of hydrogen-bond donors (Lipinski definition) is 2. The van der Waals surface area contributed by atoms with Crippen LogP contribution in [0.3, 0.4) is 0 Å².